The highest BCUT2D eigenvalue weighted by Gasteiger charge is 2.04. The fraction of sp³-hybridized carbons (Fsp3) is 0.727. The van der Waals surface area contributed by atoms with Crippen molar-refractivity contribution < 1.29 is 14.6 Å². The molecule has 1 radical (unpaired) electrons. The van der Waals surface area contributed by atoms with Crippen molar-refractivity contribution in [1.29, 1.82) is 0 Å². The monoisotopic (exact) mass is 199 g/mol. The molecule has 14 heavy (non-hydrogen) atoms. The van der Waals surface area contributed by atoms with Crippen molar-refractivity contribution in [1.82, 2.24) is 0 Å². The molecule has 0 saturated heterocycles. The molecule has 0 rings (SSSR count). The van der Waals surface area contributed by atoms with E-state index in [9.17, 15) is 9.90 Å². The maximum absolute atomic E-state index is 10.9. The zero-order valence-corrected chi connectivity index (χ0v) is 9.04. The van der Waals surface area contributed by atoms with Gasteiger partial charge in [-0.25, -0.2) is 9.90 Å². The Morgan fingerprint density at radius 1 is 1.43 bits per heavy atom. The van der Waals surface area contributed by atoms with Crippen molar-refractivity contribution in [3.63, 3.8) is 0 Å². The van der Waals surface area contributed by atoms with Gasteiger partial charge in [0.1, 0.15) is 0 Å². The summed E-state index contributed by atoms with van der Waals surface area (Å²) in [5.41, 5.74) is 0.428. The third kappa shape index (κ3) is 6.66. The lowest BCUT2D eigenvalue weighted by Crippen LogP contribution is -2.07. The van der Waals surface area contributed by atoms with Gasteiger partial charge in [-0.1, -0.05) is 13.5 Å². The van der Waals surface area contributed by atoms with E-state index in [2.05, 4.69) is 6.58 Å². The largest absolute Gasteiger partial charge is 0.462 e. The Morgan fingerprint density at radius 2 is 2.07 bits per heavy atom. The first kappa shape index (κ1) is 13.2. The van der Waals surface area contributed by atoms with Crippen molar-refractivity contribution in [2.45, 2.75) is 33.1 Å². The van der Waals surface area contributed by atoms with Crippen LogP contribution >= 0.6 is 0 Å². The summed E-state index contributed by atoms with van der Waals surface area (Å²) >= 11 is 0. The van der Waals surface area contributed by atoms with Crippen LogP contribution in [-0.2, 0) is 14.6 Å². The summed E-state index contributed by atoms with van der Waals surface area (Å²) < 4.78 is 4.92. The fourth-order valence-corrected chi connectivity index (χ4v) is 1.07. The van der Waals surface area contributed by atoms with Crippen LogP contribution in [0.3, 0.4) is 0 Å². The molecule has 0 aromatic carbocycles. The average Bonchev–Trinajstić information content (AvgIpc) is 2.12. The van der Waals surface area contributed by atoms with E-state index in [1.807, 2.05) is 6.92 Å². The zero-order chi connectivity index (χ0) is 11.0. The SMILES string of the molecule is C=C(C)C(=O)OCCCC(C)CC[O]. The summed E-state index contributed by atoms with van der Waals surface area (Å²) in [5.74, 6) is 0.0949. The van der Waals surface area contributed by atoms with Crippen molar-refractivity contribution in [3.05, 3.63) is 12.2 Å². The Kier molecular flexibility index (Phi) is 7.11. The van der Waals surface area contributed by atoms with Crippen LogP contribution in [-0.4, -0.2) is 19.2 Å². The normalized spacial score (nSPS) is 12.2. The van der Waals surface area contributed by atoms with Gasteiger partial charge in [0, 0.05) is 5.57 Å². The molecule has 3 heteroatoms. The quantitative estimate of drug-likeness (QED) is 0.359. The molecule has 0 fully saturated rings. The molecule has 3 nitrogen and oxygen atoms in total. The number of hydrogen-bond acceptors (Lipinski definition) is 2. The molecule has 81 valence electrons. The molecule has 0 amide bonds. The number of rotatable bonds is 7. The first-order valence-corrected chi connectivity index (χ1v) is 4.98. The Hall–Kier alpha value is -0.830. The summed E-state index contributed by atoms with van der Waals surface area (Å²) in [7, 11) is 0. The predicted molar refractivity (Wildman–Crippen MR) is 54.3 cm³/mol. The second kappa shape index (κ2) is 7.56. The Bertz CT molecular complexity index is 187. The molecular formula is C11H19O3. The molecule has 0 aliphatic carbocycles. The minimum Gasteiger partial charge on any atom is -0.462 e. The van der Waals surface area contributed by atoms with Crippen molar-refractivity contribution >= 4 is 5.97 Å². The molecule has 0 aliphatic heterocycles. The van der Waals surface area contributed by atoms with Crippen LogP contribution in [0.15, 0.2) is 12.2 Å². The standard InChI is InChI=1S/C11H19O3/c1-9(2)11(13)14-8-4-5-10(3)6-7-12/h10H,1,4-8H2,2-3H3. The molecule has 0 bridgehead atoms. The van der Waals surface area contributed by atoms with Crippen molar-refractivity contribution in [3.8, 4) is 0 Å². The fourth-order valence-electron chi connectivity index (χ4n) is 1.07. The topological polar surface area (TPSA) is 46.2 Å². The summed E-state index contributed by atoms with van der Waals surface area (Å²) in [6.07, 6.45) is 2.46. The van der Waals surface area contributed by atoms with Gasteiger partial charge in [0.05, 0.1) is 13.2 Å². The minimum absolute atomic E-state index is 0.0211. The van der Waals surface area contributed by atoms with E-state index in [0.717, 1.165) is 12.8 Å². The first-order valence-electron chi connectivity index (χ1n) is 4.98. The molecular weight excluding hydrogens is 180 g/mol. The van der Waals surface area contributed by atoms with E-state index in [0.29, 0.717) is 24.5 Å². The summed E-state index contributed by atoms with van der Waals surface area (Å²) in [4.78, 5) is 10.9. The average molecular weight is 199 g/mol. The van der Waals surface area contributed by atoms with Gasteiger partial charge in [-0.2, -0.15) is 0 Å². The van der Waals surface area contributed by atoms with Gasteiger partial charge >= 0.3 is 5.97 Å². The predicted octanol–water partition coefficient (Wildman–Crippen LogP) is 2.34. The van der Waals surface area contributed by atoms with E-state index < -0.39 is 0 Å². The third-order valence-electron chi connectivity index (χ3n) is 2.03. The van der Waals surface area contributed by atoms with Crippen LogP contribution in [0.1, 0.15) is 33.1 Å². The number of hydrogen-bond donors (Lipinski definition) is 0. The summed E-state index contributed by atoms with van der Waals surface area (Å²) in [6, 6.07) is 0. The molecule has 1 unspecified atom stereocenters. The molecule has 0 aromatic rings. The van der Waals surface area contributed by atoms with Gasteiger partial charge < -0.3 is 4.74 Å². The van der Waals surface area contributed by atoms with Crippen molar-refractivity contribution in [2.75, 3.05) is 13.2 Å². The molecule has 0 heterocycles. The lowest BCUT2D eigenvalue weighted by atomic mass is 10.0. The molecule has 0 aliphatic rings. The van der Waals surface area contributed by atoms with Crippen LogP contribution in [0, 0.1) is 5.92 Å². The van der Waals surface area contributed by atoms with Crippen LogP contribution in [0.25, 0.3) is 0 Å². The lowest BCUT2D eigenvalue weighted by molar-refractivity contribution is -0.139. The number of carbonyl (C=O) groups is 1. The van der Waals surface area contributed by atoms with Crippen LogP contribution in [0.5, 0.6) is 0 Å². The van der Waals surface area contributed by atoms with Gasteiger partial charge in [0.25, 0.3) is 0 Å². The lowest BCUT2D eigenvalue weighted by Gasteiger charge is -2.08. The Balaban J connectivity index is 3.37. The number of ether oxygens (including phenoxy) is 1. The first-order chi connectivity index (χ1) is 6.57. The highest BCUT2D eigenvalue weighted by atomic mass is 16.5. The van der Waals surface area contributed by atoms with Gasteiger partial charge in [0.15, 0.2) is 0 Å². The maximum Gasteiger partial charge on any atom is 0.333 e. The van der Waals surface area contributed by atoms with Crippen molar-refractivity contribution in [2.24, 2.45) is 5.92 Å². The molecule has 0 N–H and O–H groups in total. The van der Waals surface area contributed by atoms with Gasteiger partial charge in [0.2, 0.25) is 0 Å². The minimum atomic E-state index is -0.332. The van der Waals surface area contributed by atoms with E-state index >= 15 is 0 Å². The molecule has 0 saturated carbocycles. The van der Waals surface area contributed by atoms with E-state index in [-0.39, 0.29) is 12.6 Å². The Morgan fingerprint density at radius 3 is 2.57 bits per heavy atom. The van der Waals surface area contributed by atoms with Gasteiger partial charge in [-0.05, 0) is 32.1 Å². The summed E-state index contributed by atoms with van der Waals surface area (Å²) in [6.45, 7) is 7.55. The molecule has 0 aromatic heterocycles. The molecule has 0 spiro atoms. The van der Waals surface area contributed by atoms with Crippen LogP contribution in [0.4, 0.5) is 0 Å². The van der Waals surface area contributed by atoms with Gasteiger partial charge in [-0.3, -0.25) is 0 Å². The zero-order valence-electron chi connectivity index (χ0n) is 9.04. The summed E-state index contributed by atoms with van der Waals surface area (Å²) in [5, 5.41) is 10.3. The smallest absolute Gasteiger partial charge is 0.333 e. The number of carbonyl (C=O) groups excluding carboxylic acids is 1. The number of esters is 1. The highest BCUT2D eigenvalue weighted by molar-refractivity contribution is 5.86. The second-order valence-corrected chi connectivity index (χ2v) is 3.66. The van der Waals surface area contributed by atoms with Gasteiger partial charge in [-0.15, -0.1) is 0 Å². The van der Waals surface area contributed by atoms with E-state index in [1.165, 1.54) is 0 Å². The van der Waals surface area contributed by atoms with E-state index in [1.54, 1.807) is 6.92 Å². The maximum atomic E-state index is 10.9. The van der Waals surface area contributed by atoms with E-state index in [4.69, 9.17) is 4.74 Å². The van der Waals surface area contributed by atoms with Crippen LogP contribution in [0.2, 0.25) is 0 Å². The molecule has 1 atom stereocenters. The highest BCUT2D eigenvalue weighted by Crippen LogP contribution is 2.09. The third-order valence-corrected chi connectivity index (χ3v) is 2.03. The van der Waals surface area contributed by atoms with Crippen LogP contribution < -0.4 is 0 Å². The second-order valence-electron chi connectivity index (χ2n) is 3.66. The Labute approximate surface area is 85.8 Å².